The standard InChI is InChI=1S/C21H25NO4/c1-21(2,3)16-8-6-15(7-9-16)18(13-20(25)26)22-19(24)12-14-4-10-17(23)11-5-14/h4-11,18,23H,12-13H2,1-3H3,(H,22,24)(H,25,26). The first kappa shape index (κ1) is 19.5. The number of phenols is 1. The number of phenolic OH excluding ortho intramolecular Hbond substituents is 1. The lowest BCUT2D eigenvalue weighted by atomic mass is 9.86. The molecule has 2 rings (SSSR count). The molecule has 0 bridgehead atoms. The highest BCUT2D eigenvalue weighted by molar-refractivity contribution is 5.80. The van der Waals surface area contributed by atoms with Crippen molar-refractivity contribution in [3.05, 3.63) is 65.2 Å². The SMILES string of the molecule is CC(C)(C)c1ccc(C(CC(=O)O)NC(=O)Cc2ccc(O)cc2)cc1. The van der Waals surface area contributed by atoms with Gasteiger partial charge in [0.1, 0.15) is 5.75 Å². The number of rotatable bonds is 6. The highest BCUT2D eigenvalue weighted by atomic mass is 16.4. The maximum Gasteiger partial charge on any atom is 0.305 e. The van der Waals surface area contributed by atoms with E-state index in [2.05, 4.69) is 26.1 Å². The molecule has 26 heavy (non-hydrogen) atoms. The average molecular weight is 355 g/mol. The second-order valence-corrected chi connectivity index (χ2v) is 7.43. The summed E-state index contributed by atoms with van der Waals surface area (Å²) in [6.45, 7) is 6.32. The van der Waals surface area contributed by atoms with Gasteiger partial charge in [-0.1, -0.05) is 57.2 Å². The number of hydrogen-bond donors (Lipinski definition) is 3. The zero-order chi connectivity index (χ0) is 19.3. The van der Waals surface area contributed by atoms with Gasteiger partial charge in [0.25, 0.3) is 0 Å². The molecule has 2 aromatic rings. The van der Waals surface area contributed by atoms with Crippen LogP contribution in [0.15, 0.2) is 48.5 Å². The van der Waals surface area contributed by atoms with Gasteiger partial charge in [-0.3, -0.25) is 9.59 Å². The Kier molecular flexibility index (Phi) is 6.03. The number of amides is 1. The largest absolute Gasteiger partial charge is 0.508 e. The van der Waals surface area contributed by atoms with Gasteiger partial charge < -0.3 is 15.5 Å². The maximum absolute atomic E-state index is 12.3. The van der Waals surface area contributed by atoms with Crippen molar-refractivity contribution in [3.8, 4) is 5.75 Å². The molecule has 1 atom stereocenters. The molecule has 5 nitrogen and oxygen atoms in total. The molecule has 2 aromatic carbocycles. The minimum atomic E-state index is -0.972. The van der Waals surface area contributed by atoms with Crippen molar-refractivity contribution >= 4 is 11.9 Å². The van der Waals surface area contributed by atoms with Crippen molar-refractivity contribution in [2.45, 2.75) is 45.1 Å². The number of hydrogen-bond acceptors (Lipinski definition) is 3. The molecule has 0 spiro atoms. The van der Waals surface area contributed by atoms with Gasteiger partial charge in [-0.05, 0) is 34.2 Å². The molecular formula is C21H25NO4. The van der Waals surface area contributed by atoms with Crippen molar-refractivity contribution in [2.75, 3.05) is 0 Å². The summed E-state index contributed by atoms with van der Waals surface area (Å²) >= 11 is 0. The molecule has 0 aliphatic carbocycles. The van der Waals surface area contributed by atoms with Gasteiger partial charge in [-0.15, -0.1) is 0 Å². The number of carbonyl (C=O) groups excluding carboxylic acids is 1. The zero-order valence-corrected chi connectivity index (χ0v) is 15.3. The molecule has 5 heteroatoms. The van der Waals surface area contributed by atoms with Crippen LogP contribution in [0.1, 0.15) is 49.9 Å². The molecule has 0 saturated heterocycles. The summed E-state index contributed by atoms with van der Waals surface area (Å²) in [5, 5.41) is 21.3. The molecule has 1 amide bonds. The quantitative estimate of drug-likeness (QED) is 0.739. The van der Waals surface area contributed by atoms with Crippen molar-refractivity contribution in [1.82, 2.24) is 5.32 Å². The zero-order valence-electron chi connectivity index (χ0n) is 15.3. The van der Waals surface area contributed by atoms with E-state index >= 15 is 0 Å². The second-order valence-electron chi connectivity index (χ2n) is 7.43. The van der Waals surface area contributed by atoms with Crippen LogP contribution in [0.4, 0.5) is 0 Å². The number of nitrogens with one attached hydrogen (secondary N) is 1. The molecule has 0 fully saturated rings. The fraction of sp³-hybridized carbons (Fsp3) is 0.333. The lowest BCUT2D eigenvalue weighted by molar-refractivity contribution is -0.137. The lowest BCUT2D eigenvalue weighted by Crippen LogP contribution is -2.31. The molecule has 0 aliphatic heterocycles. The molecule has 0 heterocycles. The summed E-state index contributed by atoms with van der Waals surface area (Å²) in [4.78, 5) is 23.5. The predicted octanol–water partition coefficient (Wildman–Crippen LogP) is 3.56. The van der Waals surface area contributed by atoms with Gasteiger partial charge in [0.15, 0.2) is 0 Å². The predicted molar refractivity (Wildman–Crippen MR) is 100 cm³/mol. The minimum absolute atomic E-state index is 0.00292. The topological polar surface area (TPSA) is 86.6 Å². The Morgan fingerprint density at radius 3 is 2.08 bits per heavy atom. The van der Waals surface area contributed by atoms with E-state index in [0.29, 0.717) is 0 Å². The molecule has 1 unspecified atom stereocenters. The van der Waals surface area contributed by atoms with Crippen LogP contribution in [0.3, 0.4) is 0 Å². The Morgan fingerprint density at radius 1 is 1.00 bits per heavy atom. The third kappa shape index (κ3) is 5.62. The molecule has 0 saturated carbocycles. The minimum Gasteiger partial charge on any atom is -0.508 e. The Morgan fingerprint density at radius 2 is 1.58 bits per heavy atom. The highest BCUT2D eigenvalue weighted by Gasteiger charge is 2.20. The van der Waals surface area contributed by atoms with E-state index in [4.69, 9.17) is 0 Å². The van der Waals surface area contributed by atoms with Crippen LogP contribution in [0.2, 0.25) is 0 Å². The van der Waals surface area contributed by atoms with Gasteiger partial charge in [0.2, 0.25) is 5.91 Å². The Labute approximate surface area is 153 Å². The van der Waals surface area contributed by atoms with Crippen LogP contribution in [0.25, 0.3) is 0 Å². The first-order chi connectivity index (χ1) is 12.1. The molecule has 3 N–H and O–H groups in total. The number of carboxylic acids is 1. The molecule has 0 aliphatic rings. The van der Waals surface area contributed by atoms with Crippen molar-refractivity contribution in [2.24, 2.45) is 0 Å². The van der Waals surface area contributed by atoms with Gasteiger partial charge in [-0.25, -0.2) is 0 Å². The third-order valence-corrected chi connectivity index (χ3v) is 4.19. The highest BCUT2D eigenvalue weighted by Crippen LogP contribution is 2.25. The smallest absolute Gasteiger partial charge is 0.305 e. The fourth-order valence-corrected chi connectivity index (χ4v) is 2.69. The Hall–Kier alpha value is -2.82. The molecular weight excluding hydrogens is 330 g/mol. The maximum atomic E-state index is 12.3. The first-order valence-electron chi connectivity index (χ1n) is 8.54. The van der Waals surface area contributed by atoms with E-state index in [-0.39, 0.29) is 29.9 Å². The van der Waals surface area contributed by atoms with Crippen LogP contribution in [0.5, 0.6) is 5.75 Å². The third-order valence-electron chi connectivity index (χ3n) is 4.19. The lowest BCUT2D eigenvalue weighted by Gasteiger charge is -2.22. The molecule has 138 valence electrons. The summed E-state index contributed by atoms with van der Waals surface area (Å²) in [5.74, 6) is -1.10. The monoisotopic (exact) mass is 355 g/mol. The summed E-state index contributed by atoms with van der Waals surface area (Å²) < 4.78 is 0. The number of aromatic hydroxyl groups is 1. The summed E-state index contributed by atoms with van der Waals surface area (Å²) in [5.41, 5.74) is 2.66. The number of carbonyl (C=O) groups is 2. The number of carboxylic acid groups (broad SMARTS) is 1. The Bertz CT molecular complexity index is 758. The van der Waals surface area contributed by atoms with Crippen LogP contribution in [-0.4, -0.2) is 22.1 Å². The first-order valence-corrected chi connectivity index (χ1v) is 8.54. The van der Waals surface area contributed by atoms with Crippen LogP contribution in [-0.2, 0) is 21.4 Å². The van der Waals surface area contributed by atoms with Crippen LogP contribution in [0, 0.1) is 0 Å². The van der Waals surface area contributed by atoms with Crippen molar-refractivity contribution in [1.29, 1.82) is 0 Å². The normalized spacial score (nSPS) is 12.4. The van der Waals surface area contributed by atoms with E-state index in [0.717, 1.165) is 16.7 Å². The van der Waals surface area contributed by atoms with E-state index in [1.165, 1.54) is 12.1 Å². The van der Waals surface area contributed by atoms with E-state index in [1.54, 1.807) is 12.1 Å². The number of benzene rings is 2. The van der Waals surface area contributed by atoms with Crippen LogP contribution < -0.4 is 5.32 Å². The molecule has 0 radical (unpaired) electrons. The van der Waals surface area contributed by atoms with E-state index in [9.17, 15) is 19.8 Å². The van der Waals surface area contributed by atoms with E-state index in [1.807, 2.05) is 24.3 Å². The average Bonchev–Trinajstić information content (AvgIpc) is 2.55. The number of aliphatic carboxylic acids is 1. The second kappa shape index (κ2) is 8.04. The van der Waals surface area contributed by atoms with Gasteiger partial charge in [0.05, 0.1) is 18.9 Å². The van der Waals surface area contributed by atoms with Crippen molar-refractivity contribution in [3.63, 3.8) is 0 Å². The van der Waals surface area contributed by atoms with Gasteiger partial charge in [-0.2, -0.15) is 0 Å². The summed E-state index contributed by atoms with van der Waals surface area (Å²) in [6, 6.07) is 13.5. The van der Waals surface area contributed by atoms with E-state index < -0.39 is 12.0 Å². The van der Waals surface area contributed by atoms with Crippen LogP contribution >= 0.6 is 0 Å². The summed E-state index contributed by atoms with van der Waals surface area (Å²) in [6.07, 6.45) is -0.0628. The Balaban J connectivity index is 2.12. The van der Waals surface area contributed by atoms with Gasteiger partial charge in [0, 0.05) is 0 Å². The van der Waals surface area contributed by atoms with Crippen molar-refractivity contribution < 1.29 is 19.8 Å². The molecule has 0 aromatic heterocycles. The summed E-state index contributed by atoms with van der Waals surface area (Å²) in [7, 11) is 0. The fourth-order valence-electron chi connectivity index (χ4n) is 2.69. The van der Waals surface area contributed by atoms with Gasteiger partial charge >= 0.3 is 5.97 Å².